The highest BCUT2D eigenvalue weighted by molar-refractivity contribution is 7.14. The van der Waals surface area contributed by atoms with Gasteiger partial charge in [0, 0.05) is 36.4 Å². The molecule has 258 valence electrons. The number of fused-ring (bicyclic) bond motifs is 3. The molecule has 3 aliphatic rings. The lowest BCUT2D eigenvalue weighted by Gasteiger charge is -2.44. The standard InChI is InChI=1S/C34H32Cl2F2N4O6S/c1-45-28-14-21(5-7-26(28)47-33(37)38)27(15-23-24(35)16-39-17-25(23)36)46-32(43)30-8-6-22(49-30)18-42(31-4-2-3-11-40-31)34(44)48-29-19-41-12-9-20(29)10-13-41/h2-8,11,14,16-17,20,27,29,33H,9-10,12-13,15,18-19H2,1H3/t27-,29-/m0/s1. The summed E-state index contributed by atoms with van der Waals surface area (Å²) in [6.07, 6.45) is 4.82. The molecule has 2 bridgehead atoms. The quantitative estimate of drug-likeness (QED) is 0.135. The van der Waals surface area contributed by atoms with Crippen molar-refractivity contribution in [2.75, 3.05) is 31.6 Å². The molecular formula is C34H32Cl2F2N4O6S. The Hall–Kier alpha value is -4.04. The van der Waals surface area contributed by atoms with Crippen LogP contribution in [0, 0.1) is 5.92 Å². The summed E-state index contributed by atoms with van der Waals surface area (Å²) in [6.45, 7) is -0.194. The molecule has 0 N–H and O–H groups in total. The fourth-order valence-corrected chi connectivity index (χ4v) is 7.43. The molecule has 3 aromatic heterocycles. The van der Waals surface area contributed by atoms with Crippen molar-refractivity contribution < 1.29 is 37.3 Å². The Bertz CT molecular complexity index is 1760. The molecule has 7 rings (SSSR count). The number of esters is 1. The van der Waals surface area contributed by atoms with Crippen molar-refractivity contribution in [1.82, 2.24) is 14.9 Å². The SMILES string of the molecule is COc1cc([C@H](Cc2c(Cl)cncc2Cl)OC(=O)c2ccc(CN(C(=O)O[C@H]3CN4CCC3CC4)c3ccccn3)s2)ccc1OC(F)F. The monoisotopic (exact) mass is 732 g/mol. The minimum atomic E-state index is -3.06. The van der Waals surface area contributed by atoms with E-state index in [0.29, 0.717) is 34.3 Å². The maximum Gasteiger partial charge on any atom is 0.416 e. The number of rotatable bonds is 12. The Labute approximate surface area is 295 Å². The summed E-state index contributed by atoms with van der Waals surface area (Å²) in [5, 5.41) is 0.521. The predicted molar refractivity (Wildman–Crippen MR) is 180 cm³/mol. The molecule has 4 aromatic rings. The van der Waals surface area contributed by atoms with Crippen LogP contribution < -0.4 is 14.4 Å². The van der Waals surface area contributed by atoms with Crippen LogP contribution in [-0.2, 0) is 22.4 Å². The van der Waals surface area contributed by atoms with Gasteiger partial charge in [-0.1, -0.05) is 35.3 Å². The minimum Gasteiger partial charge on any atom is -0.493 e. The second kappa shape index (κ2) is 15.7. The van der Waals surface area contributed by atoms with E-state index in [9.17, 15) is 18.4 Å². The van der Waals surface area contributed by atoms with Crippen LogP contribution >= 0.6 is 34.5 Å². The van der Waals surface area contributed by atoms with Crippen molar-refractivity contribution in [3.63, 3.8) is 0 Å². The maximum atomic E-state index is 13.6. The molecule has 3 saturated heterocycles. The smallest absolute Gasteiger partial charge is 0.416 e. The van der Waals surface area contributed by atoms with E-state index in [2.05, 4.69) is 19.6 Å². The molecule has 1 amide bonds. The van der Waals surface area contributed by atoms with Crippen LogP contribution in [0.2, 0.25) is 10.0 Å². The number of benzene rings is 1. The number of halogens is 4. The first-order valence-electron chi connectivity index (χ1n) is 15.5. The number of aromatic nitrogens is 2. The fourth-order valence-electron chi connectivity index (χ4n) is 6.03. The summed E-state index contributed by atoms with van der Waals surface area (Å²) in [5.74, 6) is -0.0672. The van der Waals surface area contributed by atoms with Crippen LogP contribution in [0.25, 0.3) is 0 Å². The van der Waals surface area contributed by atoms with E-state index in [-0.39, 0.29) is 45.5 Å². The highest BCUT2D eigenvalue weighted by atomic mass is 35.5. The lowest BCUT2D eigenvalue weighted by Crippen LogP contribution is -2.53. The van der Waals surface area contributed by atoms with Gasteiger partial charge in [0.1, 0.15) is 22.9 Å². The van der Waals surface area contributed by atoms with Gasteiger partial charge in [-0.05, 0) is 79.4 Å². The van der Waals surface area contributed by atoms with Gasteiger partial charge in [0.05, 0.1) is 23.7 Å². The molecule has 3 fully saturated rings. The van der Waals surface area contributed by atoms with Gasteiger partial charge in [-0.2, -0.15) is 8.78 Å². The molecule has 0 saturated carbocycles. The van der Waals surface area contributed by atoms with Crippen molar-refractivity contribution in [1.29, 1.82) is 0 Å². The Morgan fingerprint density at radius 3 is 2.49 bits per heavy atom. The Morgan fingerprint density at radius 1 is 1.06 bits per heavy atom. The van der Waals surface area contributed by atoms with E-state index in [1.807, 2.05) is 0 Å². The lowest BCUT2D eigenvalue weighted by atomic mass is 9.86. The first-order chi connectivity index (χ1) is 23.7. The molecule has 0 unspecified atom stereocenters. The average molecular weight is 734 g/mol. The summed E-state index contributed by atoms with van der Waals surface area (Å²) < 4.78 is 47.8. The number of anilines is 1. The summed E-state index contributed by atoms with van der Waals surface area (Å²) >= 11 is 14.0. The number of pyridine rings is 2. The zero-order chi connectivity index (χ0) is 34.5. The van der Waals surface area contributed by atoms with Gasteiger partial charge in [0.15, 0.2) is 11.5 Å². The van der Waals surface area contributed by atoms with E-state index in [1.165, 1.54) is 42.6 Å². The number of carbonyl (C=O) groups is 2. The van der Waals surface area contributed by atoms with Crippen molar-refractivity contribution >= 4 is 52.4 Å². The molecule has 1 aromatic carbocycles. The van der Waals surface area contributed by atoms with E-state index < -0.39 is 24.8 Å². The topological polar surface area (TPSA) is 103 Å². The predicted octanol–water partition coefficient (Wildman–Crippen LogP) is 7.83. The summed E-state index contributed by atoms with van der Waals surface area (Å²) in [7, 11) is 1.31. The largest absolute Gasteiger partial charge is 0.493 e. The number of methoxy groups -OCH3 is 1. The molecular weight excluding hydrogens is 701 g/mol. The average Bonchev–Trinajstić information content (AvgIpc) is 3.58. The van der Waals surface area contributed by atoms with Gasteiger partial charge in [0.25, 0.3) is 0 Å². The lowest BCUT2D eigenvalue weighted by molar-refractivity contribution is -0.0512. The van der Waals surface area contributed by atoms with Gasteiger partial charge in [-0.15, -0.1) is 11.3 Å². The molecule has 6 heterocycles. The van der Waals surface area contributed by atoms with Crippen molar-refractivity contribution in [3.05, 3.63) is 98.0 Å². The number of carbonyl (C=O) groups excluding carboxylic acids is 2. The molecule has 10 nitrogen and oxygen atoms in total. The van der Waals surface area contributed by atoms with Gasteiger partial charge >= 0.3 is 18.7 Å². The third-order valence-corrected chi connectivity index (χ3v) is 10.2. The first kappa shape index (κ1) is 34.8. The Morgan fingerprint density at radius 2 is 1.84 bits per heavy atom. The molecule has 0 spiro atoms. The van der Waals surface area contributed by atoms with Gasteiger partial charge in [-0.25, -0.2) is 14.6 Å². The number of nitrogens with zero attached hydrogens (tertiary/aromatic N) is 4. The number of alkyl halides is 2. The van der Waals surface area contributed by atoms with Crippen LogP contribution in [0.3, 0.4) is 0 Å². The Kier molecular flexibility index (Phi) is 11.1. The van der Waals surface area contributed by atoms with E-state index in [0.717, 1.165) is 37.3 Å². The number of thiophene rings is 1. The highest BCUT2D eigenvalue weighted by Crippen LogP contribution is 2.37. The van der Waals surface area contributed by atoms with Crippen molar-refractivity contribution in [3.8, 4) is 11.5 Å². The van der Waals surface area contributed by atoms with Crippen LogP contribution in [0.1, 0.15) is 44.6 Å². The third kappa shape index (κ3) is 8.41. The molecule has 0 radical (unpaired) electrons. The maximum absolute atomic E-state index is 13.6. The van der Waals surface area contributed by atoms with Crippen molar-refractivity contribution in [2.45, 2.75) is 44.6 Å². The van der Waals surface area contributed by atoms with Crippen LogP contribution in [-0.4, -0.2) is 66.4 Å². The summed E-state index contributed by atoms with van der Waals surface area (Å²) in [5.41, 5.74) is 0.895. The van der Waals surface area contributed by atoms with E-state index in [4.69, 9.17) is 37.4 Å². The molecule has 15 heteroatoms. The molecule has 49 heavy (non-hydrogen) atoms. The summed E-state index contributed by atoms with van der Waals surface area (Å²) in [6, 6.07) is 12.9. The third-order valence-electron chi connectivity index (χ3n) is 8.54. The van der Waals surface area contributed by atoms with E-state index >= 15 is 0 Å². The van der Waals surface area contributed by atoms with Crippen LogP contribution in [0.15, 0.2) is 67.1 Å². The summed E-state index contributed by atoms with van der Waals surface area (Å²) in [4.78, 5) is 40.3. The number of amides is 1. The van der Waals surface area contributed by atoms with Gasteiger partial charge in [0.2, 0.25) is 0 Å². The second-order valence-corrected chi connectivity index (χ2v) is 13.6. The van der Waals surface area contributed by atoms with Gasteiger partial charge in [-0.3, -0.25) is 14.8 Å². The molecule has 3 aliphatic heterocycles. The molecule has 2 atom stereocenters. The van der Waals surface area contributed by atoms with Crippen LogP contribution in [0.4, 0.5) is 19.4 Å². The Balaban J connectivity index is 1.22. The number of piperidine rings is 3. The number of hydrogen-bond donors (Lipinski definition) is 0. The fraction of sp³-hybridized carbons (Fsp3) is 0.353. The zero-order valence-corrected chi connectivity index (χ0v) is 28.6. The number of ether oxygens (including phenoxy) is 4. The first-order valence-corrected chi connectivity index (χ1v) is 17.1. The normalized spacial score (nSPS) is 18.9. The minimum absolute atomic E-state index is 0.0175. The zero-order valence-electron chi connectivity index (χ0n) is 26.3. The second-order valence-electron chi connectivity index (χ2n) is 11.6. The van der Waals surface area contributed by atoms with Crippen molar-refractivity contribution in [2.24, 2.45) is 5.92 Å². The highest BCUT2D eigenvalue weighted by Gasteiger charge is 2.37. The number of hydrogen-bond acceptors (Lipinski definition) is 10. The van der Waals surface area contributed by atoms with Gasteiger partial charge < -0.3 is 18.9 Å². The molecule has 0 aliphatic carbocycles. The van der Waals surface area contributed by atoms with E-state index in [1.54, 1.807) is 36.5 Å². The van der Waals surface area contributed by atoms with Crippen LogP contribution in [0.5, 0.6) is 11.5 Å².